The molecule has 0 saturated carbocycles. The Morgan fingerprint density at radius 1 is 1.32 bits per heavy atom. The lowest BCUT2D eigenvalue weighted by atomic mass is 9.97. The summed E-state index contributed by atoms with van der Waals surface area (Å²) in [7, 11) is 1.46. The molecule has 1 aromatic carbocycles. The van der Waals surface area contributed by atoms with Crippen LogP contribution in [0.2, 0.25) is 0 Å². The first-order chi connectivity index (χ1) is 13.5. The number of hydrogen-bond donors (Lipinski definition) is 1. The minimum Gasteiger partial charge on any atom is -0.493 e. The number of carbonyl (C=O) groups excluding carboxylic acids is 1. The van der Waals surface area contributed by atoms with Gasteiger partial charge in [0.1, 0.15) is 0 Å². The maximum atomic E-state index is 12.9. The van der Waals surface area contributed by atoms with Crippen molar-refractivity contribution in [2.45, 2.75) is 27.2 Å². The van der Waals surface area contributed by atoms with Crippen LogP contribution < -0.4 is 19.5 Å². The van der Waals surface area contributed by atoms with Gasteiger partial charge in [0.05, 0.1) is 36.6 Å². The quantitative estimate of drug-likeness (QED) is 0.627. The molecule has 0 bridgehead atoms. The van der Waals surface area contributed by atoms with Gasteiger partial charge in [0.2, 0.25) is 5.88 Å². The first-order valence-corrected chi connectivity index (χ1v) is 8.86. The van der Waals surface area contributed by atoms with Crippen molar-refractivity contribution in [3.63, 3.8) is 0 Å². The average Bonchev–Trinajstić information content (AvgIpc) is 2.70. The first kappa shape index (κ1) is 19.2. The second-order valence-electron chi connectivity index (χ2n) is 6.31. The lowest BCUT2D eigenvalue weighted by Gasteiger charge is -2.25. The number of aryl methyl sites for hydroxylation is 1. The molecule has 0 unspecified atom stereocenters. The number of anilines is 1. The SMILES string of the molecule is CCOc1ncc(C)c2c1CC(C(=O)Oc1ccc(C#N)cc1OC)=C(C)N2. The topological polar surface area (TPSA) is 93.5 Å². The molecule has 7 heteroatoms. The fourth-order valence-corrected chi connectivity index (χ4v) is 3.02. The summed E-state index contributed by atoms with van der Waals surface area (Å²) in [5, 5.41) is 12.3. The molecule has 0 spiro atoms. The zero-order valence-corrected chi connectivity index (χ0v) is 16.3. The van der Waals surface area contributed by atoms with Crippen LogP contribution in [0.4, 0.5) is 5.69 Å². The highest BCUT2D eigenvalue weighted by Crippen LogP contribution is 2.36. The van der Waals surface area contributed by atoms with Gasteiger partial charge >= 0.3 is 5.97 Å². The van der Waals surface area contributed by atoms with Gasteiger partial charge in [-0.15, -0.1) is 0 Å². The van der Waals surface area contributed by atoms with E-state index in [4.69, 9.17) is 19.5 Å². The Balaban J connectivity index is 1.90. The normalized spacial score (nSPS) is 12.5. The number of rotatable bonds is 5. The van der Waals surface area contributed by atoms with Crippen LogP contribution in [0.25, 0.3) is 0 Å². The highest BCUT2D eigenvalue weighted by atomic mass is 16.6. The van der Waals surface area contributed by atoms with Crippen molar-refractivity contribution in [1.29, 1.82) is 5.26 Å². The van der Waals surface area contributed by atoms with Crippen molar-refractivity contribution in [1.82, 2.24) is 4.98 Å². The van der Waals surface area contributed by atoms with Crippen LogP contribution in [-0.2, 0) is 11.2 Å². The number of nitrogens with one attached hydrogen (secondary N) is 1. The van der Waals surface area contributed by atoms with E-state index in [1.807, 2.05) is 26.8 Å². The van der Waals surface area contributed by atoms with Crippen LogP contribution in [0.5, 0.6) is 17.4 Å². The molecule has 0 aliphatic carbocycles. The number of nitriles is 1. The highest BCUT2D eigenvalue weighted by Gasteiger charge is 2.27. The number of carbonyl (C=O) groups is 1. The van der Waals surface area contributed by atoms with Crippen LogP contribution in [0.1, 0.15) is 30.5 Å². The van der Waals surface area contributed by atoms with Crippen LogP contribution in [-0.4, -0.2) is 24.7 Å². The van der Waals surface area contributed by atoms with Crippen molar-refractivity contribution in [2.75, 3.05) is 19.0 Å². The van der Waals surface area contributed by atoms with E-state index < -0.39 is 5.97 Å². The molecule has 0 fully saturated rings. The lowest BCUT2D eigenvalue weighted by molar-refractivity contribution is -0.130. The van der Waals surface area contributed by atoms with E-state index in [9.17, 15) is 4.79 Å². The van der Waals surface area contributed by atoms with Gasteiger partial charge in [0, 0.05) is 29.9 Å². The van der Waals surface area contributed by atoms with Crippen LogP contribution in [0.15, 0.2) is 35.7 Å². The summed E-state index contributed by atoms with van der Waals surface area (Å²) in [4.78, 5) is 17.2. The summed E-state index contributed by atoms with van der Waals surface area (Å²) >= 11 is 0. The maximum Gasteiger partial charge on any atom is 0.341 e. The Hall–Kier alpha value is -3.53. The number of fused-ring (bicyclic) bond motifs is 1. The van der Waals surface area contributed by atoms with Crippen LogP contribution >= 0.6 is 0 Å². The van der Waals surface area contributed by atoms with Crippen LogP contribution in [0.3, 0.4) is 0 Å². The fourth-order valence-electron chi connectivity index (χ4n) is 3.02. The number of benzene rings is 1. The Morgan fingerprint density at radius 3 is 2.79 bits per heavy atom. The third-order valence-corrected chi connectivity index (χ3v) is 4.47. The predicted octanol–water partition coefficient (Wildman–Crippen LogP) is 3.52. The molecule has 0 saturated heterocycles. The van der Waals surface area contributed by atoms with Gasteiger partial charge < -0.3 is 19.5 Å². The predicted molar refractivity (Wildman–Crippen MR) is 104 cm³/mol. The molecule has 1 N–H and O–H groups in total. The standard InChI is InChI=1S/C21H21N3O4/c1-5-27-20-16-9-15(13(3)24-19(16)12(2)11-23-20)21(25)28-17-7-6-14(10-22)8-18(17)26-4/h6-8,11,24H,5,9H2,1-4H3. The van der Waals surface area contributed by atoms with E-state index in [1.165, 1.54) is 13.2 Å². The third kappa shape index (κ3) is 3.62. The summed E-state index contributed by atoms with van der Waals surface area (Å²) in [5.74, 6) is 0.583. The molecular weight excluding hydrogens is 358 g/mol. The third-order valence-electron chi connectivity index (χ3n) is 4.47. The van der Waals surface area contributed by atoms with Gasteiger partial charge in [0.15, 0.2) is 11.5 Å². The smallest absolute Gasteiger partial charge is 0.341 e. The summed E-state index contributed by atoms with van der Waals surface area (Å²) in [6.45, 7) is 6.15. The summed E-state index contributed by atoms with van der Waals surface area (Å²) in [6, 6.07) is 6.67. The Bertz CT molecular complexity index is 1010. The van der Waals surface area contributed by atoms with E-state index >= 15 is 0 Å². The van der Waals surface area contributed by atoms with E-state index in [0.717, 1.165) is 16.8 Å². The molecule has 1 aliphatic heterocycles. The number of pyridine rings is 1. The molecule has 144 valence electrons. The molecule has 3 rings (SSSR count). The van der Waals surface area contributed by atoms with E-state index in [1.54, 1.807) is 18.3 Å². The molecule has 1 aliphatic rings. The van der Waals surface area contributed by atoms with Gasteiger partial charge in [0.25, 0.3) is 0 Å². The van der Waals surface area contributed by atoms with Crippen molar-refractivity contribution in [3.05, 3.63) is 52.4 Å². The number of methoxy groups -OCH3 is 1. The van der Waals surface area contributed by atoms with Crippen LogP contribution in [0, 0.1) is 18.3 Å². The lowest BCUT2D eigenvalue weighted by Crippen LogP contribution is -2.22. The Labute approximate surface area is 163 Å². The number of aromatic nitrogens is 1. The van der Waals surface area contributed by atoms with Crippen molar-refractivity contribution in [2.24, 2.45) is 0 Å². The molecule has 0 amide bonds. The number of esters is 1. The molecule has 7 nitrogen and oxygen atoms in total. The van der Waals surface area contributed by atoms with Gasteiger partial charge in [-0.2, -0.15) is 5.26 Å². The summed E-state index contributed by atoms with van der Waals surface area (Å²) in [5.41, 5.74) is 4.31. The van der Waals surface area contributed by atoms with E-state index in [-0.39, 0.29) is 5.75 Å². The maximum absolute atomic E-state index is 12.9. The molecule has 0 radical (unpaired) electrons. The average molecular weight is 379 g/mol. The van der Waals surface area contributed by atoms with Gasteiger partial charge in [-0.25, -0.2) is 9.78 Å². The van der Waals surface area contributed by atoms with Crippen molar-refractivity contribution in [3.8, 4) is 23.4 Å². The van der Waals surface area contributed by atoms with Gasteiger partial charge in [-0.3, -0.25) is 0 Å². The van der Waals surface area contributed by atoms with Gasteiger partial charge in [-0.1, -0.05) is 0 Å². The zero-order chi connectivity index (χ0) is 20.3. The molecule has 0 atom stereocenters. The largest absolute Gasteiger partial charge is 0.493 e. The minimum absolute atomic E-state index is 0.255. The van der Waals surface area contributed by atoms with Crippen molar-refractivity contribution < 1.29 is 19.0 Å². The molecule has 2 aromatic rings. The molecule has 28 heavy (non-hydrogen) atoms. The fraction of sp³-hybridized carbons (Fsp3) is 0.286. The first-order valence-electron chi connectivity index (χ1n) is 8.86. The van der Waals surface area contributed by atoms with E-state index in [0.29, 0.717) is 41.5 Å². The van der Waals surface area contributed by atoms with Gasteiger partial charge in [-0.05, 0) is 38.5 Å². The second-order valence-corrected chi connectivity index (χ2v) is 6.31. The Kier molecular flexibility index (Phi) is 5.50. The van der Waals surface area contributed by atoms with E-state index in [2.05, 4.69) is 10.3 Å². The zero-order valence-electron chi connectivity index (χ0n) is 16.3. The summed E-state index contributed by atoms with van der Waals surface area (Å²) < 4.78 is 16.4. The number of nitrogens with zero attached hydrogens (tertiary/aromatic N) is 2. The number of ether oxygens (including phenoxy) is 3. The second kappa shape index (κ2) is 8.01. The number of hydrogen-bond acceptors (Lipinski definition) is 7. The molecule has 1 aromatic heterocycles. The highest BCUT2D eigenvalue weighted by molar-refractivity contribution is 5.94. The Morgan fingerprint density at radius 2 is 2.11 bits per heavy atom. The minimum atomic E-state index is -0.498. The molecular formula is C21H21N3O4. The van der Waals surface area contributed by atoms with Crippen molar-refractivity contribution >= 4 is 11.7 Å². The monoisotopic (exact) mass is 379 g/mol. The number of allylic oxidation sites excluding steroid dienone is 1. The summed E-state index contributed by atoms with van der Waals surface area (Å²) in [6.07, 6.45) is 2.09. The molecule has 2 heterocycles.